The Bertz CT molecular complexity index is 61.5. The van der Waals surface area contributed by atoms with Crippen molar-refractivity contribution in [2.75, 3.05) is 6.61 Å². The molecule has 50 valence electrons. The van der Waals surface area contributed by atoms with Gasteiger partial charge in [0.25, 0.3) is 0 Å². The summed E-state index contributed by atoms with van der Waals surface area (Å²) in [6, 6.07) is 0. The maximum atomic E-state index is 5.25. The van der Waals surface area contributed by atoms with Crippen LogP contribution >= 0.6 is 56.7 Å². The number of rotatable bonds is 2. The highest BCUT2D eigenvalue weighted by atomic mass is 35.7. The van der Waals surface area contributed by atoms with E-state index in [1.54, 1.807) is 0 Å². The van der Waals surface area contributed by atoms with E-state index < -0.39 is 3.79 Å². The van der Waals surface area contributed by atoms with E-state index in [-0.39, 0.29) is 6.61 Å². The molecule has 0 aliphatic rings. The van der Waals surface area contributed by atoms with Crippen LogP contribution < -0.4 is 0 Å². The highest BCUT2D eigenvalue weighted by molar-refractivity contribution is 8.17. The molecule has 0 aliphatic carbocycles. The molecule has 0 aromatic heterocycles. The molecule has 0 aliphatic heterocycles. The van der Waals surface area contributed by atoms with Gasteiger partial charge in [0, 0.05) is 0 Å². The van der Waals surface area contributed by atoms with Crippen LogP contribution in [0.1, 0.15) is 0 Å². The van der Waals surface area contributed by atoms with Gasteiger partial charge in [-0.05, 0) is 10.7 Å². The lowest BCUT2D eigenvalue weighted by Gasteiger charge is -2.06. The van der Waals surface area contributed by atoms with Gasteiger partial charge >= 0.3 is 0 Å². The number of hydrogen-bond acceptors (Lipinski definition) is 2. The minimum Gasteiger partial charge on any atom is -0.297 e. The van der Waals surface area contributed by atoms with Crippen molar-refractivity contribution in [2.24, 2.45) is 0 Å². The van der Waals surface area contributed by atoms with Crippen molar-refractivity contribution in [1.82, 2.24) is 0 Å². The molecule has 0 atom stereocenters. The molecule has 6 heteroatoms. The minimum absolute atomic E-state index is 0.00810. The Balaban J connectivity index is 3.11. The quantitative estimate of drug-likeness (QED) is 0.517. The average molecular weight is 216 g/mol. The first kappa shape index (κ1) is 9.47. The van der Waals surface area contributed by atoms with Crippen molar-refractivity contribution >= 4 is 56.7 Å². The number of hydrogen-bond donors (Lipinski definition) is 0. The topological polar surface area (TPSA) is 9.23 Å². The Morgan fingerprint density at radius 1 is 1.38 bits per heavy atom. The van der Waals surface area contributed by atoms with Gasteiger partial charge in [-0.15, -0.1) is 0 Å². The van der Waals surface area contributed by atoms with Gasteiger partial charge in [0.2, 0.25) is 3.79 Å². The molecule has 0 N–H and O–H groups in total. The largest absolute Gasteiger partial charge is 0.297 e. The van der Waals surface area contributed by atoms with Crippen molar-refractivity contribution in [3.05, 3.63) is 0 Å². The van der Waals surface area contributed by atoms with Crippen molar-refractivity contribution in [3.63, 3.8) is 0 Å². The van der Waals surface area contributed by atoms with Gasteiger partial charge in [-0.2, -0.15) is 0 Å². The summed E-state index contributed by atoms with van der Waals surface area (Å²) in [5.74, 6) is 0. The summed E-state index contributed by atoms with van der Waals surface area (Å²) in [5.41, 5.74) is 0. The molecule has 8 heavy (non-hydrogen) atoms. The maximum absolute atomic E-state index is 5.25. The summed E-state index contributed by atoms with van der Waals surface area (Å²) in [5, 5.41) is 0. The maximum Gasteiger partial charge on any atom is 0.214 e. The van der Waals surface area contributed by atoms with Crippen molar-refractivity contribution in [1.29, 1.82) is 0 Å². The molecule has 0 heterocycles. The third kappa shape index (κ3) is 7.47. The lowest BCUT2D eigenvalue weighted by Crippen LogP contribution is -2.08. The zero-order chi connectivity index (χ0) is 6.62. The lowest BCUT2D eigenvalue weighted by molar-refractivity contribution is 0.389. The van der Waals surface area contributed by atoms with Gasteiger partial charge in [-0.25, -0.2) is 0 Å². The summed E-state index contributed by atoms with van der Waals surface area (Å²) in [6.07, 6.45) is 0. The molecular weight excluding hydrogens is 214 g/mol. The van der Waals surface area contributed by atoms with Crippen LogP contribution in [0.3, 0.4) is 0 Å². The molecule has 0 aromatic rings. The van der Waals surface area contributed by atoms with Crippen LogP contribution in [0.5, 0.6) is 0 Å². The van der Waals surface area contributed by atoms with Crippen LogP contribution in [0, 0.1) is 0 Å². The summed E-state index contributed by atoms with van der Waals surface area (Å²) in [4.78, 5) is 0. The second kappa shape index (κ2) is 4.31. The third-order valence-corrected chi connectivity index (χ3v) is 1.07. The fourth-order valence-electron chi connectivity index (χ4n) is 0.0891. The Hall–Kier alpha value is 1.47. The van der Waals surface area contributed by atoms with E-state index in [0.717, 1.165) is 0 Å². The molecule has 0 unspecified atom stereocenters. The predicted molar refractivity (Wildman–Crippen MR) is 39.7 cm³/mol. The second-order valence-electron chi connectivity index (χ2n) is 0.940. The summed E-state index contributed by atoms with van der Waals surface area (Å²) < 4.78 is 3.12. The number of halogens is 4. The van der Waals surface area contributed by atoms with E-state index in [0.29, 0.717) is 11.3 Å². The lowest BCUT2D eigenvalue weighted by atomic mass is 10.9. The fraction of sp³-hybridized carbons (Fsp3) is 1.00. The molecular formula is C2H2Cl4OS. The van der Waals surface area contributed by atoms with E-state index in [1.807, 2.05) is 0 Å². The summed E-state index contributed by atoms with van der Waals surface area (Å²) >= 11 is 16.4. The summed E-state index contributed by atoms with van der Waals surface area (Å²) in [6.45, 7) is -0.00810. The normalized spacial score (nSPS) is 12.0. The van der Waals surface area contributed by atoms with E-state index in [1.165, 1.54) is 0 Å². The van der Waals surface area contributed by atoms with E-state index in [2.05, 4.69) is 4.18 Å². The van der Waals surface area contributed by atoms with Crippen molar-refractivity contribution in [3.8, 4) is 0 Å². The molecule has 0 saturated carbocycles. The monoisotopic (exact) mass is 214 g/mol. The molecule has 0 amide bonds. The van der Waals surface area contributed by atoms with Crippen LogP contribution in [-0.4, -0.2) is 10.4 Å². The van der Waals surface area contributed by atoms with Crippen molar-refractivity contribution in [2.45, 2.75) is 3.79 Å². The molecule has 0 radical (unpaired) electrons. The molecule has 0 bridgehead atoms. The molecule has 0 fully saturated rings. The van der Waals surface area contributed by atoms with Crippen LogP contribution in [0.15, 0.2) is 0 Å². The zero-order valence-electron chi connectivity index (χ0n) is 3.54. The first-order valence-corrected chi connectivity index (χ1v) is 4.23. The van der Waals surface area contributed by atoms with Gasteiger partial charge < -0.3 is 0 Å². The molecule has 0 aromatic carbocycles. The Morgan fingerprint density at radius 2 is 1.88 bits per heavy atom. The van der Waals surface area contributed by atoms with Crippen LogP contribution in [0.2, 0.25) is 0 Å². The first-order valence-electron chi connectivity index (χ1n) is 1.53. The molecule has 0 saturated heterocycles. The highest BCUT2D eigenvalue weighted by Crippen LogP contribution is 2.28. The van der Waals surface area contributed by atoms with Crippen LogP contribution in [0.25, 0.3) is 0 Å². The van der Waals surface area contributed by atoms with Crippen LogP contribution in [-0.2, 0) is 4.18 Å². The molecule has 0 spiro atoms. The first-order chi connectivity index (χ1) is 3.56. The van der Waals surface area contributed by atoms with Gasteiger partial charge in [0.05, 0.1) is 0 Å². The zero-order valence-corrected chi connectivity index (χ0v) is 7.38. The SMILES string of the molecule is ClSOCC(Cl)(Cl)Cl. The Labute approximate surface area is 71.3 Å². The van der Waals surface area contributed by atoms with Crippen molar-refractivity contribution < 1.29 is 4.18 Å². The van der Waals surface area contributed by atoms with Gasteiger partial charge in [0.1, 0.15) is 17.9 Å². The van der Waals surface area contributed by atoms with E-state index >= 15 is 0 Å². The Morgan fingerprint density at radius 3 is 2.00 bits per heavy atom. The van der Waals surface area contributed by atoms with Crippen LogP contribution in [0.4, 0.5) is 0 Å². The fourth-order valence-corrected chi connectivity index (χ4v) is 0.802. The second-order valence-corrected chi connectivity index (χ2v) is 4.20. The smallest absolute Gasteiger partial charge is 0.214 e. The van der Waals surface area contributed by atoms with Gasteiger partial charge in [-0.1, -0.05) is 34.8 Å². The predicted octanol–water partition coefficient (Wildman–Crippen LogP) is 3.18. The molecule has 0 rings (SSSR count). The average Bonchev–Trinajstić information content (AvgIpc) is 1.59. The molecule has 1 nitrogen and oxygen atoms in total. The van der Waals surface area contributed by atoms with E-state index in [4.69, 9.17) is 45.5 Å². The summed E-state index contributed by atoms with van der Waals surface area (Å²) in [7, 11) is 5.03. The minimum atomic E-state index is -1.36. The Kier molecular flexibility index (Phi) is 5.10. The standard InChI is InChI=1S/C2H2Cl4OS/c3-2(4,5)1-7-8-6/h1H2. The highest BCUT2D eigenvalue weighted by Gasteiger charge is 2.19. The number of alkyl halides is 3. The van der Waals surface area contributed by atoms with Gasteiger partial charge in [-0.3, -0.25) is 4.18 Å². The van der Waals surface area contributed by atoms with Gasteiger partial charge in [0.15, 0.2) is 0 Å². The third-order valence-electron chi connectivity index (χ3n) is 0.267. The van der Waals surface area contributed by atoms with E-state index in [9.17, 15) is 0 Å².